The van der Waals surface area contributed by atoms with Crippen LogP contribution < -0.4 is 5.32 Å². The largest absolute Gasteiger partial charge is 0.478 e. The molecule has 1 heterocycles. The molecule has 2 N–H and O–H groups in total. The molecule has 2 rings (SSSR count). The molecule has 0 aliphatic carbocycles. The number of aromatic carboxylic acids is 1. The van der Waals surface area contributed by atoms with Gasteiger partial charge in [0.2, 0.25) is 0 Å². The molecule has 22 heavy (non-hydrogen) atoms. The molecule has 1 amide bonds. The summed E-state index contributed by atoms with van der Waals surface area (Å²) in [6, 6.07) is 11.3. The third-order valence-corrected chi connectivity index (χ3v) is 4.18. The van der Waals surface area contributed by atoms with Crippen LogP contribution in [0.15, 0.2) is 45.8 Å². The summed E-state index contributed by atoms with van der Waals surface area (Å²) in [5, 5.41) is 20.5. The second kappa shape index (κ2) is 7.02. The number of anilines is 1. The van der Waals surface area contributed by atoms with Gasteiger partial charge in [-0.15, -0.1) is 11.3 Å². The Morgan fingerprint density at radius 3 is 2.68 bits per heavy atom. The van der Waals surface area contributed by atoms with Crippen LogP contribution in [-0.4, -0.2) is 17.0 Å². The summed E-state index contributed by atoms with van der Waals surface area (Å²) in [4.78, 5) is 23.7. The number of amides is 1. The van der Waals surface area contributed by atoms with Crippen molar-refractivity contribution in [3.8, 4) is 6.07 Å². The van der Waals surface area contributed by atoms with Gasteiger partial charge in [0.15, 0.2) is 0 Å². The number of carboxylic acid groups (broad SMARTS) is 1. The van der Waals surface area contributed by atoms with E-state index in [1.807, 2.05) is 12.1 Å². The zero-order chi connectivity index (χ0) is 16.1. The first-order chi connectivity index (χ1) is 10.5. The molecular weight excluding hydrogens is 368 g/mol. The molecule has 5 nitrogen and oxygen atoms in total. The van der Waals surface area contributed by atoms with E-state index < -0.39 is 11.9 Å². The van der Waals surface area contributed by atoms with E-state index in [0.717, 1.165) is 8.66 Å². The fraction of sp³-hybridized carbons (Fsp3) is 0. The normalized spacial score (nSPS) is 10.8. The van der Waals surface area contributed by atoms with Crippen molar-refractivity contribution in [3.05, 3.63) is 56.2 Å². The molecule has 0 aliphatic heterocycles. The Morgan fingerprint density at radius 1 is 1.32 bits per heavy atom. The van der Waals surface area contributed by atoms with Gasteiger partial charge in [-0.1, -0.05) is 6.07 Å². The maximum atomic E-state index is 12.1. The number of carboxylic acids is 1. The van der Waals surface area contributed by atoms with E-state index in [-0.39, 0.29) is 11.1 Å². The predicted molar refractivity (Wildman–Crippen MR) is 87.6 cm³/mol. The van der Waals surface area contributed by atoms with Crippen LogP contribution in [0.4, 0.5) is 5.69 Å². The Morgan fingerprint density at radius 2 is 2.09 bits per heavy atom. The van der Waals surface area contributed by atoms with Crippen molar-refractivity contribution in [1.82, 2.24) is 0 Å². The minimum atomic E-state index is -1.09. The molecule has 0 unspecified atom stereocenters. The van der Waals surface area contributed by atoms with E-state index in [9.17, 15) is 9.59 Å². The standard InChI is InChI=1S/C15H9BrN2O3S/c16-13-5-4-12(22-13)7-10(8-17)14(19)18-11-3-1-2-9(6-11)15(20)21/h1-7H,(H,18,19)(H,20,21)/b10-7-. The fourth-order valence-electron chi connectivity index (χ4n) is 1.63. The van der Waals surface area contributed by atoms with Crippen molar-refractivity contribution in [2.45, 2.75) is 0 Å². The summed E-state index contributed by atoms with van der Waals surface area (Å²) in [6.45, 7) is 0. The highest BCUT2D eigenvalue weighted by molar-refractivity contribution is 9.11. The van der Waals surface area contributed by atoms with Gasteiger partial charge in [0.25, 0.3) is 5.91 Å². The SMILES string of the molecule is N#C/C(=C/c1ccc(Br)s1)C(=O)Nc1cccc(C(=O)O)c1. The molecule has 0 aliphatic rings. The first kappa shape index (κ1) is 15.9. The van der Waals surface area contributed by atoms with Crippen LogP contribution in [0.2, 0.25) is 0 Å². The van der Waals surface area contributed by atoms with Gasteiger partial charge in [0, 0.05) is 10.6 Å². The maximum Gasteiger partial charge on any atom is 0.335 e. The Labute approximate surface area is 138 Å². The van der Waals surface area contributed by atoms with E-state index in [2.05, 4.69) is 21.2 Å². The van der Waals surface area contributed by atoms with Crippen molar-refractivity contribution in [2.24, 2.45) is 0 Å². The van der Waals surface area contributed by atoms with Crippen LogP contribution in [0.3, 0.4) is 0 Å². The average Bonchev–Trinajstić information content (AvgIpc) is 2.90. The highest BCUT2D eigenvalue weighted by Crippen LogP contribution is 2.24. The molecule has 0 saturated heterocycles. The molecule has 7 heteroatoms. The van der Waals surface area contributed by atoms with Gasteiger partial charge in [-0.25, -0.2) is 4.79 Å². The topological polar surface area (TPSA) is 90.2 Å². The lowest BCUT2D eigenvalue weighted by molar-refractivity contribution is -0.112. The highest BCUT2D eigenvalue weighted by Gasteiger charge is 2.11. The minimum Gasteiger partial charge on any atom is -0.478 e. The van der Waals surface area contributed by atoms with Crippen LogP contribution in [0.25, 0.3) is 6.08 Å². The molecule has 0 radical (unpaired) electrons. The lowest BCUT2D eigenvalue weighted by Crippen LogP contribution is -2.13. The van der Waals surface area contributed by atoms with Gasteiger partial charge < -0.3 is 10.4 Å². The lowest BCUT2D eigenvalue weighted by Gasteiger charge is -2.05. The summed E-state index contributed by atoms with van der Waals surface area (Å²) in [5.41, 5.74) is 0.316. The van der Waals surface area contributed by atoms with Crippen LogP contribution in [0.5, 0.6) is 0 Å². The van der Waals surface area contributed by atoms with Crippen molar-refractivity contribution in [1.29, 1.82) is 5.26 Å². The van der Waals surface area contributed by atoms with Gasteiger partial charge in [0.1, 0.15) is 11.6 Å². The number of nitriles is 1. The zero-order valence-electron chi connectivity index (χ0n) is 11.0. The zero-order valence-corrected chi connectivity index (χ0v) is 13.4. The number of halogens is 1. The number of carbonyl (C=O) groups is 2. The molecule has 110 valence electrons. The van der Waals surface area contributed by atoms with Crippen LogP contribution in [0.1, 0.15) is 15.2 Å². The van der Waals surface area contributed by atoms with Gasteiger partial charge in [-0.3, -0.25) is 4.79 Å². The van der Waals surface area contributed by atoms with Crippen molar-refractivity contribution >= 4 is 50.9 Å². The first-order valence-corrected chi connectivity index (χ1v) is 7.62. The molecule has 0 bridgehead atoms. The molecule has 1 aromatic carbocycles. The summed E-state index contributed by atoms with van der Waals surface area (Å²) in [6.07, 6.45) is 1.48. The van der Waals surface area contributed by atoms with Gasteiger partial charge in [-0.05, 0) is 52.3 Å². The molecule has 0 spiro atoms. The van der Waals surface area contributed by atoms with E-state index in [4.69, 9.17) is 10.4 Å². The third-order valence-electron chi connectivity index (χ3n) is 2.61. The first-order valence-electron chi connectivity index (χ1n) is 6.01. The van der Waals surface area contributed by atoms with E-state index in [0.29, 0.717) is 5.69 Å². The maximum absolute atomic E-state index is 12.1. The Hall–Kier alpha value is -2.43. The summed E-state index contributed by atoms with van der Waals surface area (Å²) < 4.78 is 0.894. The molecule has 0 fully saturated rings. The molecule has 2 aromatic rings. The Balaban J connectivity index is 2.20. The molecular formula is C15H9BrN2O3S. The summed E-state index contributed by atoms with van der Waals surface area (Å²) in [7, 11) is 0. The van der Waals surface area contributed by atoms with Crippen LogP contribution in [-0.2, 0) is 4.79 Å². The van der Waals surface area contributed by atoms with Crippen molar-refractivity contribution in [2.75, 3.05) is 5.32 Å². The average molecular weight is 377 g/mol. The third kappa shape index (κ3) is 4.04. The summed E-state index contributed by atoms with van der Waals surface area (Å²) in [5.74, 6) is -1.68. The minimum absolute atomic E-state index is 0.0578. The second-order valence-electron chi connectivity index (χ2n) is 4.15. The number of benzene rings is 1. The number of thiophene rings is 1. The Kier molecular flexibility index (Phi) is 5.09. The van der Waals surface area contributed by atoms with Crippen LogP contribution in [0, 0.1) is 11.3 Å². The lowest BCUT2D eigenvalue weighted by atomic mass is 10.2. The van der Waals surface area contributed by atoms with Crippen molar-refractivity contribution in [3.63, 3.8) is 0 Å². The van der Waals surface area contributed by atoms with E-state index >= 15 is 0 Å². The quantitative estimate of drug-likeness (QED) is 0.627. The number of rotatable bonds is 4. The number of nitrogens with one attached hydrogen (secondary N) is 1. The smallest absolute Gasteiger partial charge is 0.335 e. The van der Waals surface area contributed by atoms with Gasteiger partial charge >= 0.3 is 5.97 Å². The monoisotopic (exact) mass is 376 g/mol. The van der Waals surface area contributed by atoms with E-state index in [1.165, 1.54) is 35.6 Å². The summed E-state index contributed by atoms with van der Waals surface area (Å²) >= 11 is 4.70. The second-order valence-corrected chi connectivity index (χ2v) is 6.65. The van der Waals surface area contributed by atoms with Gasteiger partial charge in [0.05, 0.1) is 9.35 Å². The highest BCUT2D eigenvalue weighted by atomic mass is 79.9. The number of carbonyl (C=O) groups excluding carboxylic acids is 1. The number of hydrogen-bond donors (Lipinski definition) is 2. The van der Waals surface area contributed by atoms with E-state index in [1.54, 1.807) is 12.1 Å². The number of nitrogens with zero attached hydrogens (tertiary/aromatic N) is 1. The van der Waals surface area contributed by atoms with Gasteiger partial charge in [-0.2, -0.15) is 5.26 Å². The predicted octanol–water partition coefficient (Wildman–Crippen LogP) is 3.75. The van der Waals surface area contributed by atoms with Crippen molar-refractivity contribution < 1.29 is 14.7 Å². The molecule has 0 saturated carbocycles. The number of hydrogen-bond acceptors (Lipinski definition) is 4. The Bertz CT molecular complexity index is 805. The van der Waals surface area contributed by atoms with Crippen LogP contribution >= 0.6 is 27.3 Å². The molecule has 0 atom stereocenters. The fourth-order valence-corrected chi connectivity index (χ4v) is 2.99. The molecule has 1 aromatic heterocycles.